The van der Waals surface area contributed by atoms with Crippen LogP contribution in [0.25, 0.3) is 0 Å². The highest BCUT2D eigenvalue weighted by Gasteiger charge is 2.17. The van der Waals surface area contributed by atoms with Crippen molar-refractivity contribution in [2.75, 3.05) is 40.8 Å². The highest BCUT2D eigenvalue weighted by molar-refractivity contribution is 7.87. The van der Waals surface area contributed by atoms with Gasteiger partial charge in [0.15, 0.2) is 0 Å². The number of methoxy groups -OCH3 is 1. The second-order valence-electron chi connectivity index (χ2n) is 3.15. The Labute approximate surface area is 96.3 Å². The highest BCUT2D eigenvalue weighted by atomic mass is 32.2. The monoisotopic (exact) mass is 253 g/mol. The smallest absolute Gasteiger partial charge is 0.306 e. The molecule has 0 rings (SSSR count). The fraction of sp³-hybridized carbons (Fsp3) is 0.875. The number of likely N-dealkylation sites (N-methyl/N-ethyl adjacent to an activating group) is 1. The average Bonchev–Trinajstić information content (AvgIpc) is 2.25. The Morgan fingerprint density at radius 3 is 2.50 bits per heavy atom. The van der Waals surface area contributed by atoms with Crippen LogP contribution in [0.5, 0.6) is 0 Å². The molecule has 0 aliphatic carbocycles. The number of nitrogens with one attached hydrogen (secondary N) is 2. The summed E-state index contributed by atoms with van der Waals surface area (Å²) in [5, 5.41) is 2.82. The third-order valence-electron chi connectivity index (χ3n) is 1.93. The summed E-state index contributed by atoms with van der Waals surface area (Å²) in [6.45, 7) is 0.951. The molecule has 0 atom stereocenters. The van der Waals surface area contributed by atoms with Crippen LogP contribution in [-0.2, 0) is 19.7 Å². The maximum atomic E-state index is 11.5. The van der Waals surface area contributed by atoms with Crippen molar-refractivity contribution in [3.05, 3.63) is 0 Å². The number of nitrogens with zero attached hydrogens (tertiary/aromatic N) is 1. The molecule has 0 saturated heterocycles. The molecule has 0 bridgehead atoms. The topological polar surface area (TPSA) is 87.7 Å². The van der Waals surface area contributed by atoms with Crippen LogP contribution in [0.2, 0.25) is 0 Å². The number of esters is 1. The first kappa shape index (κ1) is 15.3. The van der Waals surface area contributed by atoms with Crippen LogP contribution >= 0.6 is 0 Å². The molecule has 0 aromatic carbocycles. The summed E-state index contributed by atoms with van der Waals surface area (Å²) in [4.78, 5) is 10.8. The van der Waals surface area contributed by atoms with Gasteiger partial charge in [-0.25, -0.2) is 4.72 Å². The highest BCUT2D eigenvalue weighted by Crippen LogP contribution is 1.96. The van der Waals surface area contributed by atoms with Gasteiger partial charge in [-0.1, -0.05) is 0 Å². The van der Waals surface area contributed by atoms with Crippen molar-refractivity contribution in [1.82, 2.24) is 14.3 Å². The molecule has 0 amide bonds. The van der Waals surface area contributed by atoms with Crippen LogP contribution in [0.15, 0.2) is 0 Å². The quantitative estimate of drug-likeness (QED) is 0.407. The van der Waals surface area contributed by atoms with Crippen LogP contribution < -0.4 is 10.0 Å². The van der Waals surface area contributed by atoms with Crippen LogP contribution in [0.1, 0.15) is 6.42 Å². The normalized spacial score (nSPS) is 11.8. The molecular formula is C8H19N3O4S. The van der Waals surface area contributed by atoms with Crippen molar-refractivity contribution in [3.63, 3.8) is 0 Å². The Kier molecular flexibility index (Phi) is 7.22. The number of rotatable bonds is 8. The maximum absolute atomic E-state index is 11.5. The van der Waals surface area contributed by atoms with E-state index in [-0.39, 0.29) is 13.0 Å². The summed E-state index contributed by atoms with van der Waals surface area (Å²) >= 11 is 0. The zero-order valence-corrected chi connectivity index (χ0v) is 10.6. The van der Waals surface area contributed by atoms with E-state index in [0.717, 1.165) is 4.31 Å². The van der Waals surface area contributed by atoms with E-state index in [2.05, 4.69) is 14.8 Å². The fourth-order valence-corrected chi connectivity index (χ4v) is 1.80. The van der Waals surface area contributed by atoms with Gasteiger partial charge in [-0.05, 0) is 7.05 Å². The lowest BCUT2D eigenvalue weighted by atomic mass is 10.4. The van der Waals surface area contributed by atoms with Gasteiger partial charge in [0.1, 0.15) is 0 Å². The maximum Gasteiger partial charge on any atom is 0.306 e. The van der Waals surface area contributed by atoms with Gasteiger partial charge in [-0.15, -0.1) is 0 Å². The fourth-order valence-electron chi connectivity index (χ4n) is 0.886. The molecule has 0 aromatic heterocycles. The summed E-state index contributed by atoms with van der Waals surface area (Å²) in [7, 11) is 0.904. The van der Waals surface area contributed by atoms with Gasteiger partial charge >= 0.3 is 5.97 Å². The Bertz CT molecular complexity index is 304. The van der Waals surface area contributed by atoms with Crippen molar-refractivity contribution in [2.24, 2.45) is 0 Å². The molecule has 0 unspecified atom stereocenters. The Morgan fingerprint density at radius 2 is 2.00 bits per heavy atom. The molecule has 8 heteroatoms. The molecule has 0 heterocycles. The lowest BCUT2D eigenvalue weighted by molar-refractivity contribution is -0.140. The molecule has 96 valence electrons. The molecule has 0 aliphatic rings. The molecule has 0 aromatic rings. The van der Waals surface area contributed by atoms with Crippen molar-refractivity contribution >= 4 is 16.2 Å². The van der Waals surface area contributed by atoms with Crippen LogP contribution in [0.4, 0.5) is 0 Å². The SMILES string of the molecule is CNCCNS(=O)(=O)N(C)CCC(=O)OC. The molecule has 16 heavy (non-hydrogen) atoms. The third-order valence-corrected chi connectivity index (χ3v) is 3.50. The second kappa shape index (κ2) is 7.55. The lowest BCUT2D eigenvalue weighted by Gasteiger charge is -2.16. The first-order valence-electron chi connectivity index (χ1n) is 4.86. The zero-order valence-electron chi connectivity index (χ0n) is 9.82. The first-order chi connectivity index (χ1) is 7.44. The van der Waals surface area contributed by atoms with Gasteiger partial charge in [0.2, 0.25) is 0 Å². The van der Waals surface area contributed by atoms with E-state index in [1.165, 1.54) is 14.2 Å². The molecule has 0 saturated carbocycles. The van der Waals surface area contributed by atoms with Gasteiger partial charge in [-0.3, -0.25) is 4.79 Å². The summed E-state index contributed by atoms with van der Waals surface area (Å²) < 4.78 is 31.0. The average molecular weight is 253 g/mol. The van der Waals surface area contributed by atoms with E-state index in [9.17, 15) is 13.2 Å². The Balaban J connectivity index is 4.04. The summed E-state index contributed by atoms with van der Waals surface area (Å²) in [6.07, 6.45) is 0.0416. The predicted octanol–water partition coefficient (Wildman–Crippen LogP) is -1.46. The van der Waals surface area contributed by atoms with Crippen LogP contribution in [0.3, 0.4) is 0 Å². The van der Waals surface area contributed by atoms with Gasteiger partial charge in [-0.2, -0.15) is 12.7 Å². The number of hydrogen-bond donors (Lipinski definition) is 2. The zero-order chi connectivity index (χ0) is 12.6. The molecule has 0 radical (unpaired) electrons. The van der Waals surface area contributed by atoms with Gasteiger partial charge in [0.25, 0.3) is 10.2 Å². The van der Waals surface area contributed by atoms with Crippen molar-refractivity contribution in [3.8, 4) is 0 Å². The van der Waals surface area contributed by atoms with Crippen LogP contribution in [-0.4, -0.2) is 59.5 Å². The van der Waals surface area contributed by atoms with Gasteiger partial charge in [0, 0.05) is 26.7 Å². The molecule has 7 nitrogen and oxygen atoms in total. The Morgan fingerprint density at radius 1 is 1.38 bits per heavy atom. The Hall–Kier alpha value is -0.700. The van der Waals surface area contributed by atoms with Gasteiger partial charge in [0.05, 0.1) is 13.5 Å². The number of ether oxygens (including phenoxy) is 1. The predicted molar refractivity (Wildman–Crippen MR) is 60.1 cm³/mol. The minimum Gasteiger partial charge on any atom is -0.469 e. The molecule has 0 fully saturated rings. The summed E-state index contributed by atoms with van der Waals surface area (Å²) in [5.41, 5.74) is 0. The molecule has 2 N–H and O–H groups in total. The van der Waals surface area contributed by atoms with E-state index in [0.29, 0.717) is 13.1 Å². The van der Waals surface area contributed by atoms with E-state index < -0.39 is 16.2 Å². The number of carbonyl (C=O) groups excluding carboxylic acids is 1. The van der Waals surface area contributed by atoms with Crippen molar-refractivity contribution in [2.45, 2.75) is 6.42 Å². The summed E-state index contributed by atoms with van der Waals surface area (Å²) in [6, 6.07) is 0. The third kappa shape index (κ3) is 6.01. The van der Waals surface area contributed by atoms with Crippen LogP contribution in [0, 0.1) is 0 Å². The number of carbonyl (C=O) groups is 1. The minimum atomic E-state index is -3.50. The standard InChI is InChI=1S/C8H19N3O4S/c1-9-5-6-10-16(13,14)11(2)7-4-8(12)15-3/h9-10H,4-7H2,1-3H3. The molecular weight excluding hydrogens is 234 g/mol. The van der Waals surface area contributed by atoms with Crippen molar-refractivity contribution < 1.29 is 17.9 Å². The van der Waals surface area contributed by atoms with Crippen molar-refractivity contribution in [1.29, 1.82) is 0 Å². The van der Waals surface area contributed by atoms with Gasteiger partial charge < -0.3 is 10.1 Å². The molecule has 0 aliphatic heterocycles. The lowest BCUT2D eigenvalue weighted by Crippen LogP contribution is -2.41. The van der Waals surface area contributed by atoms with E-state index in [1.807, 2.05) is 0 Å². The summed E-state index contributed by atoms with van der Waals surface area (Å²) in [5.74, 6) is -0.433. The largest absolute Gasteiger partial charge is 0.469 e. The van der Waals surface area contributed by atoms with E-state index in [4.69, 9.17) is 0 Å². The van der Waals surface area contributed by atoms with E-state index in [1.54, 1.807) is 7.05 Å². The minimum absolute atomic E-state index is 0.0416. The molecule has 0 spiro atoms. The van der Waals surface area contributed by atoms with E-state index >= 15 is 0 Å². The number of hydrogen-bond acceptors (Lipinski definition) is 5. The second-order valence-corrected chi connectivity index (χ2v) is 5.01. The first-order valence-corrected chi connectivity index (χ1v) is 6.30.